The van der Waals surface area contributed by atoms with Gasteiger partial charge in [-0.25, -0.2) is 0 Å². The van der Waals surface area contributed by atoms with Crippen molar-refractivity contribution in [2.24, 2.45) is 0 Å². The number of phenolic OH excluding ortho intramolecular Hbond substituents is 1. The van der Waals surface area contributed by atoms with Gasteiger partial charge in [0.25, 0.3) is 5.91 Å². The topological polar surface area (TPSA) is 49.3 Å². The maximum Gasteiger partial charge on any atom is 0.255 e. The number of aromatic hydroxyl groups is 1. The summed E-state index contributed by atoms with van der Waals surface area (Å²) in [4.78, 5) is 11.9. The molecule has 0 heterocycles. The summed E-state index contributed by atoms with van der Waals surface area (Å²) in [6.45, 7) is 1.74. The van der Waals surface area contributed by atoms with Crippen LogP contribution in [0.3, 0.4) is 0 Å². The molecule has 0 aliphatic rings. The molecule has 3 nitrogen and oxygen atoms in total. The average molecular weight is 341 g/mol. The van der Waals surface area contributed by atoms with Crippen LogP contribution in [0.2, 0.25) is 0 Å². The molecule has 0 aliphatic carbocycles. The van der Waals surface area contributed by atoms with E-state index in [0.29, 0.717) is 4.47 Å². The van der Waals surface area contributed by atoms with Crippen molar-refractivity contribution in [2.45, 2.75) is 12.5 Å². The number of alkyl halides is 2. The molecule has 2 N–H and O–H groups in total. The van der Waals surface area contributed by atoms with Gasteiger partial charge in [-0.05, 0) is 25.1 Å². The van der Waals surface area contributed by atoms with E-state index in [-0.39, 0.29) is 23.1 Å². The molecule has 0 fully saturated rings. The Hall–Kier alpha value is -0.450. The molecular weight excluding hydrogens is 329 g/mol. The van der Waals surface area contributed by atoms with Gasteiger partial charge < -0.3 is 10.4 Å². The van der Waals surface area contributed by atoms with Crippen LogP contribution in [0.25, 0.3) is 0 Å². The highest BCUT2D eigenvalue weighted by Crippen LogP contribution is 2.23. The van der Waals surface area contributed by atoms with Crippen molar-refractivity contribution >= 4 is 45.0 Å². The van der Waals surface area contributed by atoms with Crippen LogP contribution in [-0.4, -0.2) is 28.3 Å². The molecule has 1 aromatic rings. The maximum absolute atomic E-state index is 11.9. The highest BCUT2D eigenvalue weighted by molar-refractivity contribution is 9.10. The Morgan fingerprint density at radius 3 is 2.53 bits per heavy atom. The third kappa shape index (κ3) is 3.76. The number of halogens is 3. The molecule has 0 bridgehead atoms. The smallest absolute Gasteiger partial charge is 0.255 e. The number of carbonyl (C=O) groups is 1. The summed E-state index contributed by atoms with van der Waals surface area (Å²) in [6.07, 6.45) is 0. The third-order valence-corrected chi connectivity index (χ3v) is 3.88. The van der Waals surface area contributed by atoms with E-state index in [1.165, 1.54) is 12.1 Å². The summed E-state index contributed by atoms with van der Waals surface area (Å²) in [5.41, 5.74) is -0.505. The highest BCUT2D eigenvalue weighted by Gasteiger charge is 2.25. The molecule has 0 atom stereocenters. The molecule has 0 saturated carbocycles. The largest absolute Gasteiger partial charge is 0.507 e. The maximum atomic E-state index is 11.9. The number of rotatable bonds is 4. The first-order chi connectivity index (χ1) is 7.91. The van der Waals surface area contributed by atoms with Gasteiger partial charge in [0.15, 0.2) is 0 Å². The highest BCUT2D eigenvalue weighted by atomic mass is 79.9. The summed E-state index contributed by atoms with van der Waals surface area (Å²) in [7, 11) is 0. The first-order valence-electron chi connectivity index (χ1n) is 4.85. The van der Waals surface area contributed by atoms with Crippen LogP contribution in [0, 0.1) is 0 Å². The third-order valence-electron chi connectivity index (χ3n) is 2.21. The predicted octanol–water partition coefficient (Wildman–Crippen LogP) is 3.12. The van der Waals surface area contributed by atoms with Gasteiger partial charge in [-0.15, -0.1) is 23.2 Å². The summed E-state index contributed by atoms with van der Waals surface area (Å²) < 4.78 is 0.698. The normalized spacial score (nSPS) is 11.3. The fourth-order valence-corrected chi connectivity index (χ4v) is 1.91. The first kappa shape index (κ1) is 14.6. The monoisotopic (exact) mass is 339 g/mol. The fraction of sp³-hybridized carbons (Fsp3) is 0.364. The lowest BCUT2D eigenvalue weighted by Gasteiger charge is -2.26. The van der Waals surface area contributed by atoms with Gasteiger partial charge in [0.1, 0.15) is 5.75 Å². The van der Waals surface area contributed by atoms with Crippen molar-refractivity contribution < 1.29 is 9.90 Å². The van der Waals surface area contributed by atoms with E-state index >= 15 is 0 Å². The lowest BCUT2D eigenvalue weighted by atomic mass is 10.1. The zero-order chi connectivity index (χ0) is 13.1. The zero-order valence-corrected chi connectivity index (χ0v) is 12.2. The summed E-state index contributed by atoms with van der Waals surface area (Å²) in [5.74, 6) is -0.110. The van der Waals surface area contributed by atoms with Gasteiger partial charge in [-0.2, -0.15) is 0 Å². The minimum atomic E-state index is -0.695. The number of carbonyl (C=O) groups excluding carboxylic acids is 1. The second kappa shape index (κ2) is 5.94. The molecule has 17 heavy (non-hydrogen) atoms. The standard InChI is InChI=1S/C11H12BrCl2NO2/c1-11(5-13,6-14)15-10(17)8-3-2-7(12)4-9(8)16/h2-4,16H,5-6H2,1H3,(H,15,17). The Morgan fingerprint density at radius 2 is 2.06 bits per heavy atom. The van der Waals surface area contributed by atoms with Crippen molar-refractivity contribution in [3.63, 3.8) is 0 Å². The van der Waals surface area contributed by atoms with Crippen LogP contribution < -0.4 is 5.32 Å². The number of benzene rings is 1. The van der Waals surface area contributed by atoms with E-state index in [2.05, 4.69) is 21.2 Å². The van der Waals surface area contributed by atoms with Gasteiger partial charge in [-0.1, -0.05) is 15.9 Å². The van der Waals surface area contributed by atoms with E-state index < -0.39 is 11.4 Å². The molecule has 94 valence electrons. The van der Waals surface area contributed by atoms with Crippen molar-refractivity contribution in [1.29, 1.82) is 0 Å². The zero-order valence-electron chi connectivity index (χ0n) is 9.14. The Balaban J connectivity index is 2.90. The van der Waals surface area contributed by atoms with Gasteiger partial charge in [0.05, 0.1) is 11.1 Å². The predicted molar refractivity (Wildman–Crippen MR) is 73.1 cm³/mol. The van der Waals surface area contributed by atoms with E-state index in [0.717, 1.165) is 0 Å². The van der Waals surface area contributed by atoms with Gasteiger partial charge in [-0.3, -0.25) is 4.79 Å². The first-order valence-corrected chi connectivity index (χ1v) is 6.71. The molecule has 0 unspecified atom stereocenters. The molecule has 0 aromatic heterocycles. The number of nitrogens with one attached hydrogen (secondary N) is 1. The van der Waals surface area contributed by atoms with Crippen LogP contribution in [0.15, 0.2) is 22.7 Å². The second-order valence-corrected chi connectivity index (χ2v) is 5.39. The molecule has 1 amide bonds. The van der Waals surface area contributed by atoms with E-state index in [4.69, 9.17) is 23.2 Å². The average Bonchev–Trinajstić information content (AvgIpc) is 2.28. The summed E-state index contributed by atoms with van der Waals surface area (Å²) in [6, 6.07) is 4.65. The van der Waals surface area contributed by atoms with Crippen LogP contribution in [-0.2, 0) is 0 Å². The van der Waals surface area contributed by atoms with Crippen molar-refractivity contribution in [3.05, 3.63) is 28.2 Å². The molecular formula is C11H12BrCl2NO2. The Morgan fingerprint density at radius 1 is 1.47 bits per heavy atom. The minimum absolute atomic E-state index is 0.0941. The number of amides is 1. The van der Waals surface area contributed by atoms with Crippen LogP contribution >= 0.6 is 39.1 Å². The van der Waals surface area contributed by atoms with E-state index in [1.54, 1.807) is 13.0 Å². The van der Waals surface area contributed by atoms with E-state index in [1.807, 2.05) is 0 Å². The molecule has 1 aromatic carbocycles. The summed E-state index contributed by atoms with van der Waals surface area (Å²) in [5, 5.41) is 12.3. The molecule has 0 aliphatic heterocycles. The molecule has 0 spiro atoms. The molecule has 0 radical (unpaired) electrons. The van der Waals surface area contributed by atoms with Gasteiger partial charge in [0.2, 0.25) is 0 Å². The van der Waals surface area contributed by atoms with Crippen LogP contribution in [0.4, 0.5) is 0 Å². The molecule has 0 saturated heterocycles. The lowest BCUT2D eigenvalue weighted by molar-refractivity contribution is 0.0918. The van der Waals surface area contributed by atoms with Gasteiger partial charge >= 0.3 is 0 Å². The minimum Gasteiger partial charge on any atom is -0.507 e. The van der Waals surface area contributed by atoms with E-state index in [9.17, 15) is 9.90 Å². The fourth-order valence-electron chi connectivity index (χ4n) is 1.14. The van der Waals surface area contributed by atoms with Gasteiger partial charge in [0, 0.05) is 16.2 Å². The van der Waals surface area contributed by atoms with Crippen molar-refractivity contribution in [3.8, 4) is 5.75 Å². The molecule has 1 rings (SSSR count). The Bertz CT molecular complexity index is 422. The SMILES string of the molecule is CC(CCl)(CCl)NC(=O)c1ccc(Br)cc1O. The number of hydrogen-bond donors (Lipinski definition) is 2. The van der Waals surface area contributed by atoms with Crippen LogP contribution in [0.1, 0.15) is 17.3 Å². The number of hydrogen-bond acceptors (Lipinski definition) is 2. The Labute approximate surface area is 118 Å². The van der Waals surface area contributed by atoms with Crippen LogP contribution in [0.5, 0.6) is 5.75 Å². The quantitative estimate of drug-likeness (QED) is 0.827. The second-order valence-electron chi connectivity index (χ2n) is 3.94. The summed E-state index contributed by atoms with van der Waals surface area (Å²) >= 11 is 14.7. The lowest BCUT2D eigenvalue weighted by Crippen LogP contribution is -2.49. The van der Waals surface area contributed by atoms with Crippen molar-refractivity contribution in [1.82, 2.24) is 5.32 Å². The molecule has 6 heteroatoms. The Kier molecular flexibility index (Phi) is 5.10. The number of phenols is 1. The van der Waals surface area contributed by atoms with Crippen molar-refractivity contribution in [2.75, 3.05) is 11.8 Å².